The molecule has 1 aromatic rings. The zero-order valence-corrected chi connectivity index (χ0v) is 11.3. The molecule has 0 aliphatic heterocycles. The molecule has 0 aromatic heterocycles. The Kier molecular flexibility index (Phi) is 4.62. The molecule has 1 rings (SSSR count). The molecule has 0 amide bonds. The van der Waals surface area contributed by atoms with Crippen LogP contribution in [0.25, 0.3) is 0 Å². The predicted octanol–water partition coefficient (Wildman–Crippen LogP) is 3.20. The monoisotopic (exact) mass is 261 g/mol. The van der Waals surface area contributed by atoms with E-state index in [1.165, 1.54) is 0 Å². The van der Waals surface area contributed by atoms with Crippen LogP contribution in [0.2, 0.25) is 10.0 Å². The first-order valence-electron chi connectivity index (χ1n) is 5.13. The zero-order chi connectivity index (χ0) is 12.3. The standard InChI is InChI=1S/C12H17Cl2NO/c1-12(2,16)8-15(3)7-9-4-5-10(13)11(14)6-9/h4-6,16H,7-8H2,1-3H3. The lowest BCUT2D eigenvalue weighted by Gasteiger charge is -2.25. The average molecular weight is 262 g/mol. The molecule has 4 heteroatoms. The Balaban J connectivity index is 2.63. The largest absolute Gasteiger partial charge is 0.389 e. The summed E-state index contributed by atoms with van der Waals surface area (Å²) in [6.07, 6.45) is 0. The van der Waals surface area contributed by atoms with Gasteiger partial charge in [0.15, 0.2) is 0 Å². The summed E-state index contributed by atoms with van der Waals surface area (Å²) in [4.78, 5) is 2.04. The van der Waals surface area contributed by atoms with E-state index >= 15 is 0 Å². The maximum absolute atomic E-state index is 9.68. The van der Waals surface area contributed by atoms with Crippen molar-refractivity contribution in [2.75, 3.05) is 13.6 Å². The van der Waals surface area contributed by atoms with Crippen molar-refractivity contribution < 1.29 is 5.11 Å². The summed E-state index contributed by atoms with van der Waals surface area (Å²) in [6, 6.07) is 5.58. The van der Waals surface area contributed by atoms with Gasteiger partial charge in [0, 0.05) is 13.1 Å². The molecule has 1 N–H and O–H groups in total. The van der Waals surface area contributed by atoms with Gasteiger partial charge in [0.25, 0.3) is 0 Å². The number of hydrogen-bond donors (Lipinski definition) is 1. The zero-order valence-electron chi connectivity index (χ0n) is 9.80. The van der Waals surface area contributed by atoms with Crippen molar-refractivity contribution in [1.29, 1.82) is 0 Å². The van der Waals surface area contributed by atoms with Gasteiger partial charge in [-0.25, -0.2) is 0 Å². The lowest BCUT2D eigenvalue weighted by Crippen LogP contribution is -2.35. The fourth-order valence-corrected chi connectivity index (χ4v) is 1.99. The van der Waals surface area contributed by atoms with Crippen molar-refractivity contribution in [1.82, 2.24) is 4.90 Å². The lowest BCUT2D eigenvalue weighted by molar-refractivity contribution is 0.0425. The third-order valence-electron chi connectivity index (χ3n) is 2.09. The number of rotatable bonds is 4. The summed E-state index contributed by atoms with van der Waals surface area (Å²) in [7, 11) is 1.96. The van der Waals surface area contributed by atoms with Crippen molar-refractivity contribution in [2.24, 2.45) is 0 Å². The molecule has 0 aliphatic carbocycles. The third kappa shape index (κ3) is 4.71. The van der Waals surface area contributed by atoms with Gasteiger partial charge < -0.3 is 5.11 Å². The molecule has 0 unspecified atom stereocenters. The molecule has 0 atom stereocenters. The van der Waals surface area contributed by atoms with Crippen molar-refractivity contribution in [3.63, 3.8) is 0 Å². The predicted molar refractivity (Wildman–Crippen MR) is 69.1 cm³/mol. The van der Waals surface area contributed by atoms with Crippen LogP contribution in [-0.2, 0) is 6.54 Å². The fourth-order valence-electron chi connectivity index (χ4n) is 1.67. The quantitative estimate of drug-likeness (QED) is 0.900. The highest BCUT2D eigenvalue weighted by atomic mass is 35.5. The molecule has 0 saturated carbocycles. The minimum atomic E-state index is -0.690. The Morgan fingerprint density at radius 1 is 1.25 bits per heavy atom. The molecule has 0 bridgehead atoms. The topological polar surface area (TPSA) is 23.5 Å². The smallest absolute Gasteiger partial charge is 0.0718 e. The highest BCUT2D eigenvalue weighted by molar-refractivity contribution is 6.42. The van der Waals surface area contributed by atoms with E-state index in [9.17, 15) is 5.11 Å². The first-order chi connectivity index (χ1) is 7.28. The van der Waals surface area contributed by atoms with Crippen LogP contribution in [0.1, 0.15) is 19.4 Å². The molecule has 2 nitrogen and oxygen atoms in total. The summed E-state index contributed by atoms with van der Waals surface area (Å²) in [5.41, 5.74) is 0.395. The summed E-state index contributed by atoms with van der Waals surface area (Å²) in [5.74, 6) is 0. The average Bonchev–Trinajstić information content (AvgIpc) is 2.08. The van der Waals surface area contributed by atoms with E-state index in [2.05, 4.69) is 0 Å². The summed E-state index contributed by atoms with van der Waals surface area (Å²) >= 11 is 11.8. The van der Waals surface area contributed by atoms with E-state index in [0.29, 0.717) is 16.6 Å². The van der Waals surface area contributed by atoms with Gasteiger partial charge in [-0.2, -0.15) is 0 Å². The van der Waals surface area contributed by atoms with Gasteiger partial charge in [-0.05, 0) is 38.6 Å². The van der Waals surface area contributed by atoms with Gasteiger partial charge in [-0.1, -0.05) is 29.3 Å². The number of aliphatic hydroxyl groups is 1. The Hall–Kier alpha value is -0.280. The molecule has 0 spiro atoms. The third-order valence-corrected chi connectivity index (χ3v) is 2.83. The Bertz CT molecular complexity index is 361. The molecule has 90 valence electrons. The first-order valence-corrected chi connectivity index (χ1v) is 5.88. The van der Waals surface area contributed by atoms with Gasteiger partial charge >= 0.3 is 0 Å². The van der Waals surface area contributed by atoms with Gasteiger partial charge in [-0.3, -0.25) is 4.90 Å². The Labute approximate surface area is 107 Å². The van der Waals surface area contributed by atoms with Crippen molar-refractivity contribution in [2.45, 2.75) is 26.0 Å². The Morgan fingerprint density at radius 3 is 2.38 bits per heavy atom. The second-order valence-corrected chi connectivity index (χ2v) is 5.55. The second-order valence-electron chi connectivity index (χ2n) is 4.73. The number of halogens is 2. The molecular formula is C12H17Cl2NO. The van der Waals surface area contributed by atoms with E-state index in [0.717, 1.165) is 12.1 Å². The molecular weight excluding hydrogens is 245 g/mol. The number of hydrogen-bond acceptors (Lipinski definition) is 2. The normalized spacial score (nSPS) is 12.2. The lowest BCUT2D eigenvalue weighted by atomic mass is 10.1. The maximum Gasteiger partial charge on any atom is 0.0718 e. The maximum atomic E-state index is 9.68. The van der Waals surface area contributed by atoms with Gasteiger partial charge in [-0.15, -0.1) is 0 Å². The van der Waals surface area contributed by atoms with Crippen LogP contribution in [0.3, 0.4) is 0 Å². The second kappa shape index (κ2) is 5.37. The fraction of sp³-hybridized carbons (Fsp3) is 0.500. The minimum Gasteiger partial charge on any atom is -0.389 e. The molecule has 0 fully saturated rings. The highest BCUT2D eigenvalue weighted by Crippen LogP contribution is 2.23. The molecule has 16 heavy (non-hydrogen) atoms. The minimum absolute atomic E-state index is 0.565. The van der Waals surface area contributed by atoms with E-state index in [1.807, 2.05) is 24.1 Å². The van der Waals surface area contributed by atoms with Crippen molar-refractivity contribution in [3.05, 3.63) is 33.8 Å². The SMILES string of the molecule is CN(Cc1ccc(Cl)c(Cl)c1)CC(C)(C)O. The van der Waals surface area contributed by atoms with Gasteiger partial charge in [0.05, 0.1) is 15.6 Å². The van der Waals surface area contributed by atoms with E-state index in [-0.39, 0.29) is 0 Å². The number of benzene rings is 1. The van der Waals surface area contributed by atoms with E-state index in [4.69, 9.17) is 23.2 Å². The van der Waals surface area contributed by atoms with Crippen LogP contribution in [0.4, 0.5) is 0 Å². The van der Waals surface area contributed by atoms with Crippen molar-refractivity contribution >= 4 is 23.2 Å². The number of nitrogens with zero attached hydrogens (tertiary/aromatic N) is 1. The van der Waals surface area contributed by atoms with Crippen LogP contribution >= 0.6 is 23.2 Å². The van der Waals surface area contributed by atoms with Crippen molar-refractivity contribution in [3.8, 4) is 0 Å². The van der Waals surface area contributed by atoms with Gasteiger partial charge in [0.2, 0.25) is 0 Å². The molecule has 0 saturated heterocycles. The number of likely N-dealkylation sites (N-methyl/N-ethyl adjacent to an activating group) is 1. The summed E-state index contributed by atoms with van der Waals surface area (Å²) in [5, 5.41) is 10.8. The van der Waals surface area contributed by atoms with E-state index < -0.39 is 5.60 Å². The molecule has 0 radical (unpaired) electrons. The highest BCUT2D eigenvalue weighted by Gasteiger charge is 2.15. The van der Waals surface area contributed by atoms with Crippen LogP contribution in [0.5, 0.6) is 0 Å². The molecule has 0 heterocycles. The Morgan fingerprint density at radius 2 is 1.88 bits per heavy atom. The van der Waals surface area contributed by atoms with Crippen LogP contribution < -0.4 is 0 Å². The van der Waals surface area contributed by atoms with Gasteiger partial charge in [0.1, 0.15) is 0 Å². The van der Waals surface area contributed by atoms with Crippen LogP contribution in [-0.4, -0.2) is 29.2 Å². The van der Waals surface area contributed by atoms with E-state index in [1.54, 1.807) is 19.9 Å². The summed E-state index contributed by atoms with van der Waals surface area (Å²) < 4.78 is 0. The summed E-state index contributed by atoms with van der Waals surface area (Å²) in [6.45, 7) is 4.92. The molecule has 0 aliphatic rings. The van der Waals surface area contributed by atoms with Crippen LogP contribution in [0, 0.1) is 0 Å². The first kappa shape index (κ1) is 13.8. The molecule has 1 aromatic carbocycles. The van der Waals surface area contributed by atoms with Crippen LogP contribution in [0.15, 0.2) is 18.2 Å².